The predicted octanol–water partition coefficient (Wildman–Crippen LogP) is 1.40. The molecule has 4 nitrogen and oxygen atoms in total. The Bertz CT molecular complexity index is 528. The molecule has 1 aromatic heterocycles. The Morgan fingerprint density at radius 1 is 1.40 bits per heavy atom. The maximum atomic E-state index is 12.9. The highest BCUT2D eigenvalue weighted by Crippen LogP contribution is 2.16. The molecule has 0 amide bonds. The minimum Gasteiger partial charge on any atom is -0.481 e. The fourth-order valence-corrected chi connectivity index (χ4v) is 1.37. The van der Waals surface area contributed by atoms with Crippen LogP contribution in [0.5, 0.6) is 0 Å². The molecule has 5 heteroatoms. The molecule has 15 heavy (non-hydrogen) atoms. The number of carbonyl (C=O) groups is 1. The normalized spacial score (nSPS) is 10.5. The van der Waals surface area contributed by atoms with Gasteiger partial charge in [-0.25, -0.2) is 14.4 Å². The van der Waals surface area contributed by atoms with Gasteiger partial charge < -0.3 is 5.11 Å². The van der Waals surface area contributed by atoms with Crippen molar-refractivity contribution in [3.8, 4) is 0 Å². The molecule has 0 bridgehead atoms. The number of benzene rings is 1. The summed E-state index contributed by atoms with van der Waals surface area (Å²) in [6.45, 7) is 0. The summed E-state index contributed by atoms with van der Waals surface area (Å²) in [6, 6.07) is 4.00. The van der Waals surface area contributed by atoms with Crippen LogP contribution < -0.4 is 0 Å². The molecule has 0 aliphatic heterocycles. The Hall–Kier alpha value is -2.04. The predicted molar refractivity (Wildman–Crippen MR) is 50.8 cm³/mol. The van der Waals surface area contributed by atoms with Crippen LogP contribution in [0.2, 0.25) is 0 Å². The van der Waals surface area contributed by atoms with Crippen LogP contribution in [-0.2, 0) is 11.2 Å². The highest BCUT2D eigenvalue weighted by atomic mass is 19.1. The van der Waals surface area contributed by atoms with Gasteiger partial charge in [0, 0.05) is 11.5 Å². The third-order valence-electron chi connectivity index (χ3n) is 2.00. The van der Waals surface area contributed by atoms with Crippen LogP contribution in [-0.4, -0.2) is 21.0 Å². The molecule has 2 aromatic rings. The van der Waals surface area contributed by atoms with Gasteiger partial charge in [-0.1, -0.05) is 0 Å². The second-order valence-electron chi connectivity index (χ2n) is 3.05. The lowest BCUT2D eigenvalue weighted by Crippen LogP contribution is -2.03. The van der Waals surface area contributed by atoms with Gasteiger partial charge >= 0.3 is 5.97 Å². The van der Waals surface area contributed by atoms with Crippen LogP contribution in [0.4, 0.5) is 4.39 Å². The fraction of sp³-hybridized carbons (Fsp3) is 0.100. The number of rotatable bonds is 2. The highest BCUT2D eigenvalue weighted by Gasteiger charge is 2.07. The van der Waals surface area contributed by atoms with Crippen LogP contribution in [0.1, 0.15) is 5.69 Å². The van der Waals surface area contributed by atoms with Gasteiger partial charge in [0.25, 0.3) is 0 Å². The van der Waals surface area contributed by atoms with E-state index in [2.05, 4.69) is 9.97 Å². The standard InChI is InChI=1S/C10H7FN2O2/c11-6-1-2-7-8(3-6)12-5-13-9(7)4-10(14)15/h1-3,5H,4H2,(H,14,15). The van der Waals surface area contributed by atoms with Crippen molar-refractivity contribution in [3.05, 3.63) is 36.0 Å². The number of carboxylic acids is 1. The van der Waals surface area contributed by atoms with Gasteiger partial charge in [0.2, 0.25) is 0 Å². The SMILES string of the molecule is O=C(O)Cc1ncnc2cc(F)ccc12. The molecule has 1 heterocycles. The second kappa shape index (κ2) is 3.61. The average molecular weight is 206 g/mol. The van der Waals surface area contributed by atoms with Crippen LogP contribution >= 0.6 is 0 Å². The van der Waals surface area contributed by atoms with E-state index in [0.29, 0.717) is 16.6 Å². The lowest BCUT2D eigenvalue weighted by molar-refractivity contribution is -0.136. The van der Waals surface area contributed by atoms with Gasteiger partial charge in [-0.05, 0) is 12.1 Å². The molecule has 76 valence electrons. The monoisotopic (exact) mass is 206 g/mol. The van der Waals surface area contributed by atoms with Gasteiger partial charge in [-0.3, -0.25) is 4.79 Å². The summed E-state index contributed by atoms with van der Waals surface area (Å²) in [5.41, 5.74) is 0.814. The number of fused-ring (bicyclic) bond motifs is 1. The van der Waals surface area contributed by atoms with E-state index in [0.717, 1.165) is 0 Å². The molecule has 0 saturated carbocycles. The molecule has 0 fully saturated rings. The summed E-state index contributed by atoms with van der Waals surface area (Å²) in [5, 5.41) is 9.22. The first-order chi connectivity index (χ1) is 7.16. The topological polar surface area (TPSA) is 63.1 Å². The molecule has 0 saturated heterocycles. The lowest BCUT2D eigenvalue weighted by Gasteiger charge is -2.01. The van der Waals surface area contributed by atoms with Gasteiger partial charge in [0.15, 0.2) is 0 Å². The minimum absolute atomic E-state index is 0.190. The maximum Gasteiger partial charge on any atom is 0.309 e. The highest BCUT2D eigenvalue weighted by molar-refractivity contribution is 5.84. The maximum absolute atomic E-state index is 12.9. The van der Waals surface area contributed by atoms with Crippen molar-refractivity contribution >= 4 is 16.9 Å². The molecule has 1 N–H and O–H groups in total. The zero-order valence-corrected chi connectivity index (χ0v) is 7.64. The zero-order valence-electron chi connectivity index (χ0n) is 7.64. The molecule has 0 aliphatic carbocycles. The van der Waals surface area contributed by atoms with E-state index in [4.69, 9.17) is 5.11 Å². The van der Waals surface area contributed by atoms with Gasteiger partial charge in [-0.2, -0.15) is 0 Å². The van der Waals surface area contributed by atoms with Crippen LogP contribution in [0, 0.1) is 5.82 Å². The average Bonchev–Trinajstić information content (AvgIpc) is 2.16. The first-order valence-electron chi connectivity index (χ1n) is 4.28. The molecular formula is C10H7FN2O2. The van der Waals surface area contributed by atoms with Crippen LogP contribution in [0.15, 0.2) is 24.5 Å². The fourth-order valence-electron chi connectivity index (χ4n) is 1.37. The largest absolute Gasteiger partial charge is 0.481 e. The molecule has 0 spiro atoms. The Balaban J connectivity index is 2.60. The Morgan fingerprint density at radius 3 is 2.93 bits per heavy atom. The van der Waals surface area contributed by atoms with Crippen molar-refractivity contribution in [1.82, 2.24) is 9.97 Å². The molecule has 0 atom stereocenters. The van der Waals surface area contributed by atoms with Gasteiger partial charge in [-0.15, -0.1) is 0 Å². The summed E-state index contributed by atoms with van der Waals surface area (Å²) < 4.78 is 12.9. The Morgan fingerprint density at radius 2 is 2.20 bits per heavy atom. The van der Waals surface area contributed by atoms with Gasteiger partial charge in [0.1, 0.15) is 12.1 Å². The van der Waals surface area contributed by atoms with E-state index in [-0.39, 0.29) is 6.42 Å². The lowest BCUT2D eigenvalue weighted by atomic mass is 10.1. The van der Waals surface area contributed by atoms with E-state index in [1.165, 1.54) is 24.5 Å². The van der Waals surface area contributed by atoms with Crippen molar-refractivity contribution in [2.75, 3.05) is 0 Å². The van der Waals surface area contributed by atoms with E-state index < -0.39 is 11.8 Å². The van der Waals surface area contributed by atoms with Crippen molar-refractivity contribution in [2.45, 2.75) is 6.42 Å². The minimum atomic E-state index is -0.973. The van der Waals surface area contributed by atoms with Crippen molar-refractivity contribution in [3.63, 3.8) is 0 Å². The third kappa shape index (κ3) is 1.90. The van der Waals surface area contributed by atoms with Gasteiger partial charge in [0.05, 0.1) is 17.6 Å². The molecule has 0 aliphatic rings. The number of carboxylic acid groups (broad SMARTS) is 1. The Kier molecular flexibility index (Phi) is 2.29. The molecule has 0 radical (unpaired) electrons. The number of nitrogens with zero attached hydrogens (tertiary/aromatic N) is 2. The van der Waals surface area contributed by atoms with Crippen LogP contribution in [0.25, 0.3) is 10.9 Å². The van der Waals surface area contributed by atoms with E-state index >= 15 is 0 Å². The van der Waals surface area contributed by atoms with Crippen molar-refractivity contribution in [2.24, 2.45) is 0 Å². The summed E-state index contributed by atoms with van der Waals surface area (Å²) >= 11 is 0. The summed E-state index contributed by atoms with van der Waals surface area (Å²) in [4.78, 5) is 18.3. The summed E-state index contributed by atoms with van der Waals surface area (Å²) in [6.07, 6.45) is 1.05. The van der Waals surface area contributed by atoms with Crippen LogP contribution in [0.3, 0.4) is 0 Å². The molecular weight excluding hydrogens is 199 g/mol. The quantitative estimate of drug-likeness (QED) is 0.806. The first kappa shape index (κ1) is 9.51. The molecule has 0 unspecified atom stereocenters. The number of aromatic nitrogens is 2. The smallest absolute Gasteiger partial charge is 0.309 e. The number of hydrogen-bond acceptors (Lipinski definition) is 3. The summed E-state index contributed by atoms with van der Waals surface area (Å²) in [5.74, 6) is -1.37. The van der Waals surface area contributed by atoms with Crippen molar-refractivity contribution < 1.29 is 14.3 Å². The second-order valence-corrected chi connectivity index (χ2v) is 3.05. The number of halogens is 1. The number of hydrogen-bond donors (Lipinski definition) is 1. The zero-order chi connectivity index (χ0) is 10.8. The van der Waals surface area contributed by atoms with E-state index in [1.54, 1.807) is 0 Å². The van der Waals surface area contributed by atoms with E-state index in [1.807, 2.05) is 0 Å². The third-order valence-corrected chi connectivity index (χ3v) is 2.00. The van der Waals surface area contributed by atoms with E-state index in [9.17, 15) is 9.18 Å². The first-order valence-corrected chi connectivity index (χ1v) is 4.28. The number of aliphatic carboxylic acids is 1. The Labute approximate surface area is 84.4 Å². The summed E-state index contributed by atoms with van der Waals surface area (Å²) in [7, 11) is 0. The molecule has 1 aromatic carbocycles. The molecule has 2 rings (SSSR count). The van der Waals surface area contributed by atoms with Crippen molar-refractivity contribution in [1.29, 1.82) is 0 Å².